The second-order valence-electron chi connectivity index (χ2n) is 7.95. The molecule has 0 aromatic heterocycles. The number of carbonyl (C=O) groups is 2. The van der Waals surface area contributed by atoms with Crippen molar-refractivity contribution in [3.05, 3.63) is 107 Å². The van der Waals surface area contributed by atoms with E-state index in [-0.39, 0.29) is 23.4 Å². The molecule has 2 amide bonds. The summed E-state index contributed by atoms with van der Waals surface area (Å²) in [5.41, 5.74) is 2.70. The van der Waals surface area contributed by atoms with Crippen LogP contribution in [0.15, 0.2) is 80.6 Å². The van der Waals surface area contributed by atoms with Gasteiger partial charge < -0.3 is 4.74 Å². The van der Waals surface area contributed by atoms with E-state index in [1.165, 1.54) is 22.6 Å². The van der Waals surface area contributed by atoms with Crippen LogP contribution in [0.5, 0.6) is 5.75 Å². The lowest BCUT2D eigenvalue weighted by molar-refractivity contribution is -0.384. The predicted molar refractivity (Wildman–Crippen MR) is 147 cm³/mol. The topological polar surface area (TPSA) is 89.7 Å². The molecule has 1 fully saturated rings. The Morgan fingerprint density at radius 3 is 2.28 bits per heavy atom. The van der Waals surface area contributed by atoms with E-state index in [0.717, 1.165) is 29.3 Å². The van der Waals surface area contributed by atoms with Crippen molar-refractivity contribution in [3.8, 4) is 5.75 Å². The summed E-state index contributed by atoms with van der Waals surface area (Å²) in [6, 6.07) is 19.7. The summed E-state index contributed by atoms with van der Waals surface area (Å²) in [7, 11) is 0. The Bertz CT molecular complexity index is 1310. The van der Waals surface area contributed by atoms with Gasteiger partial charge in [-0.25, -0.2) is 0 Å². The van der Waals surface area contributed by atoms with Gasteiger partial charge >= 0.3 is 0 Å². The molecule has 10 heteroatoms. The second kappa shape index (κ2) is 11.9. The monoisotopic (exact) mass is 630 g/mol. The average Bonchev–Trinajstić information content (AvgIpc) is 3.11. The first kappa shape index (κ1) is 26.1. The van der Waals surface area contributed by atoms with Gasteiger partial charge in [0.05, 0.1) is 18.8 Å². The van der Waals surface area contributed by atoms with Crippen LogP contribution in [0.1, 0.15) is 23.1 Å². The number of non-ortho nitro benzene ring substituents is 1. The quantitative estimate of drug-likeness (QED) is 0.139. The van der Waals surface area contributed by atoms with Gasteiger partial charge in [0.25, 0.3) is 16.8 Å². The van der Waals surface area contributed by atoms with Crippen LogP contribution in [-0.4, -0.2) is 27.5 Å². The standard InChI is InChI=1S/C26H20Br2N2O5S/c27-21-13-19(14-22(28)24(21)35-16-18-8-10-20(11-9-18)30(33)34)15-23-25(31)29(26(32)36-23)12-4-7-17-5-2-1-3-6-17/h1-3,5-6,8-11,13-15H,4,7,12,16H2/b23-15+. The van der Waals surface area contributed by atoms with Crippen molar-refractivity contribution in [2.24, 2.45) is 0 Å². The number of halogens is 2. The maximum atomic E-state index is 12.9. The molecule has 0 N–H and O–H groups in total. The van der Waals surface area contributed by atoms with Gasteiger partial charge in [-0.1, -0.05) is 30.3 Å². The third-order valence-electron chi connectivity index (χ3n) is 5.41. The van der Waals surface area contributed by atoms with Crippen LogP contribution in [0, 0.1) is 10.1 Å². The number of hydrogen-bond donors (Lipinski definition) is 0. The van der Waals surface area contributed by atoms with Crippen LogP contribution in [0.4, 0.5) is 10.5 Å². The van der Waals surface area contributed by atoms with Crippen molar-refractivity contribution in [3.63, 3.8) is 0 Å². The van der Waals surface area contributed by atoms with E-state index in [2.05, 4.69) is 31.9 Å². The Morgan fingerprint density at radius 1 is 0.972 bits per heavy atom. The van der Waals surface area contributed by atoms with Crippen molar-refractivity contribution >= 4 is 66.5 Å². The highest BCUT2D eigenvalue weighted by molar-refractivity contribution is 9.11. The van der Waals surface area contributed by atoms with Gasteiger partial charge in [-0.2, -0.15) is 0 Å². The Balaban J connectivity index is 1.40. The van der Waals surface area contributed by atoms with Crippen molar-refractivity contribution in [2.45, 2.75) is 19.4 Å². The normalized spacial score (nSPS) is 14.5. The zero-order valence-corrected chi connectivity index (χ0v) is 22.8. The van der Waals surface area contributed by atoms with Crippen molar-refractivity contribution in [2.75, 3.05) is 6.54 Å². The zero-order valence-electron chi connectivity index (χ0n) is 18.9. The molecule has 0 unspecified atom stereocenters. The molecule has 3 aromatic carbocycles. The fourth-order valence-electron chi connectivity index (χ4n) is 3.60. The number of aryl methyl sites for hydroxylation is 1. The average molecular weight is 632 g/mol. The van der Waals surface area contributed by atoms with Crippen LogP contribution >= 0.6 is 43.6 Å². The summed E-state index contributed by atoms with van der Waals surface area (Å²) in [6.45, 7) is 0.593. The van der Waals surface area contributed by atoms with Crippen LogP contribution < -0.4 is 4.74 Å². The van der Waals surface area contributed by atoms with Crippen molar-refractivity contribution in [1.82, 2.24) is 4.90 Å². The van der Waals surface area contributed by atoms with Crippen molar-refractivity contribution in [1.29, 1.82) is 0 Å². The summed E-state index contributed by atoms with van der Waals surface area (Å²) >= 11 is 7.95. The van der Waals surface area contributed by atoms with Gasteiger partial charge in [-0.05, 0) is 103 Å². The summed E-state index contributed by atoms with van der Waals surface area (Å²) in [4.78, 5) is 37.3. The first-order valence-corrected chi connectivity index (χ1v) is 13.4. The van der Waals surface area contributed by atoms with Gasteiger partial charge in [-0.15, -0.1) is 0 Å². The maximum absolute atomic E-state index is 12.9. The number of ether oxygens (including phenoxy) is 1. The Kier molecular flexibility index (Phi) is 8.60. The molecule has 1 saturated heterocycles. The number of amides is 2. The first-order chi connectivity index (χ1) is 17.3. The smallest absolute Gasteiger partial charge is 0.293 e. The number of nitro benzene ring substituents is 1. The van der Waals surface area contributed by atoms with Crippen LogP contribution in [0.2, 0.25) is 0 Å². The van der Waals surface area contributed by atoms with E-state index in [4.69, 9.17) is 4.74 Å². The molecule has 0 aliphatic carbocycles. The number of benzene rings is 3. The van der Waals surface area contributed by atoms with Gasteiger partial charge in [-0.3, -0.25) is 24.6 Å². The molecule has 3 aromatic rings. The highest BCUT2D eigenvalue weighted by atomic mass is 79.9. The van der Waals surface area contributed by atoms with Crippen molar-refractivity contribution < 1.29 is 19.2 Å². The van der Waals surface area contributed by atoms with Crippen LogP contribution in [-0.2, 0) is 17.8 Å². The molecule has 184 valence electrons. The molecule has 0 atom stereocenters. The number of hydrogen-bond acceptors (Lipinski definition) is 6. The molecular formula is C26H20Br2N2O5S. The van der Waals surface area contributed by atoms with Gasteiger partial charge in [0.1, 0.15) is 12.4 Å². The SMILES string of the molecule is O=C1S/C(=C/c2cc(Br)c(OCc3ccc([N+](=O)[O-])cc3)c(Br)c2)C(=O)N1CCCc1ccccc1. The molecule has 1 heterocycles. The summed E-state index contributed by atoms with van der Waals surface area (Å²) in [6.07, 6.45) is 3.19. The maximum Gasteiger partial charge on any atom is 0.293 e. The first-order valence-electron chi connectivity index (χ1n) is 11.0. The number of imide groups is 1. The number of thioether (sulfide) groups is 1. The molecule has 0 spiro atoms. The number of nitrogens with zero attached hydrogens (tertiary/aromatic N) is 2. The van der Waals surface area contributed by atoms with E-state index in [1.54, 1.807) is 30.3 Å². The molecule has 36 heavy (non-hydrogen) atoms. The van der Waals surface area contributed by atoms with E-state index in [1.807, 2.05) is 30.3 Å². The number of nitro groups is 1. The lowest BCUT2D eigenvalue weighted by atomic mass is 10.1. The van der Waals surface area contributed by atoms with Gasteiger partial charge in [0.2, 0.25) is 0 Å². The lowest BCUT2D eigenvalue weighted by Gasteiger charge is -2.12. The molecule has 7 nitrogen and oxygen atoms in total. The minimum absolute atomic E-state index is 0.0195. The highest BCUT2D eigenvalue weighted by Crippen LogP contribution is 2.38. The summed E-state index contributed by atoms with van der Waals surface area (Å²) in [5, 5.41) is 10.5. The summed E-state index contributed by atoms with van der Waals surface area (Å²) in [5.74, 6) is 0.267. The minimum atomic E-state index is -0.448. The second-order valence-corrected chi connectivity index (χ2v) is 10.7. The van der Waals surface area contributed by atoms with E-state index in [9.17, 15) is 19.7 Å². The molecule has 1 aliphatic heterocycles. The van der Waals surface area contributed by atoms with E-state index >= 15 is 0 Å². The van der Waals surface area contributed by atoms with Crippen LogP contribution in [0.25, 0.3) is 6.08 Å². The van der Waals surface area contributed by atoms with Crippen LogP contribution in [0.3, 0.4) is 0 Å². The molecular weight excluding hydrogens is 612 g/mol. The highest BCUT2D eigenvalue weighted by Gasteiger charge is 2.34. The van der Waals surface area contributed by atoms with E-state index < -0.39 is 4.92 Å². The largest absolute Gasteiger partial charge is 0.487 e. The zero-order chi connectivity index (χ0) is 25.7. The van der Waals surface area contributed by atoms with Gasteiger partial charge in [0, 0.05) is 18.7 Å². The lowest BCUT2D eigenvalue weighted by Crippen LogP contribution is -2.29. The molecule has 0 bridgehead atoms. The summed E-state index contributed by atoms with van der Waals surface area (Å²) < 4.78 is 7.21. The Labute approximate surface area is 228 Å². The third-order valence-corrected chi connectivity index (χ3v) is 7.50. The predicted octanol–water partition coefficient (Wildman–Crippen LogP) is 7.37. The molecule has 1 aliphatic rings. The molecule has 0 radical (unpaired) electrons. The molecule has 4 rings (SSSR count). The number of rotatable bonds is 9. The third kappa shape index (κ3) is 6.43. The fourth-order valence-corrected chi connectivity index (χ4v) is 5.92. The van der Waals surface area contributed by atoms with E-state index in [0.29, 0.717) is 32.6 Å². The fraction of sp³-hybridized carbons (Fsp3) is 0.154. The Morgan fingerprint density at radius 2 is 1.64 bits per heavy atom. The Hall–Kier alpha value is -2.95. The number of carbonyl (C=O) groups excluding carboxylic acids is 2. The van der Waals surface area contributed by atoms with Gasteiger partial charge in [0.15, 0.2) is 0 Å². The molecule has 0 saturated carbocycles. The minimum Gasteiger partial charge on any atom is -0.487 e.